The largest absolute Gasteiger partial charge is 0.454 e. The van der Waals surface area contributed by atoms with E-state index in [1.807, 2.05) is 19.1 Å². The van der Waals surface area contributed by atoms with Gasteiger partial charge >= 0.3 is 0 Å². The van der Waals surface area contributed by atoms with E-state index in [1.54, 1.807) is 42.2 Å². The lowest BCUT2D eigenvalue weighted by atomic mass is 9.85. The van der Waals surface area contributed by atoms with Gasteiger partial charge in [-0.1, -0.05) is 18.2 Å². The van der Waals surface area contributed by atoms with Crippen molar-refractivity contribution in [2.24, 2.45) is 0 Å². The third-order valence-electron chi connectivity index (χ3n) is 8.99. The molecule has 224 valence electrons. The Morgan fingerprint density at radius 1 is 1.05 bits per heavy atom. The molecule has 3 aromatic carbocycles. The van der Waals surface area contributed by atoms with Crippen LogP contribution in [0, 0.1) is 19.7 Å². The molecule has 0 saturated carbocycles. The number of hydrogen-bond donors (Lipinski definition) is 2. The van der Waals surface area contributed by atoms with Gasteiger partial charge in [0.25, 0.3) is 0 Å². The normalized spacial score (nSPS) is 17.1. The molecule has 6 rings (SSSR count). The molecule has 1 saturated heterocycles. The zero-order valence-electron chi connectivity index (χ0n) is 25.6. The second-order valence-corrected chi connectivity index (χ2v) is 12.1. The number of likely N-dealkylation sites (tertiary alicyclic amines) is 1. The Balaban J connectivity index is 1.19. The van der Waals surface area contributed by atoms with E-state index in [1.165, 1.54) is 35.6 Å². The molecule has 0 aliphatic carbocycles. The van der Waals surface area contributed by atoms with Gasteiger partial charge in [0.05, 0.1) is 23.5 Å². The summed E-state index contributed by atoms with van der Waals surface area (Å²) >= 11 is 0. The number of piperidine rings is 1. The van der Waals surface area contributed by atoms with E-state index in [-0.39, 0.29) is 17.6 Å². The first kappa shape index (κ1) is 28.9. The van der Waals surface area contributed by atoms with Crippen molar-refractivity contribution in [1.82, 2.24) is 14.7 Å². The molecule has 1 fully saturated rings. The number of rotatable bonds is 8. The number of carbonyl (C=O) groups excluding carboxylic acids is 1. The van der Waals surface area contributed by atoms with Crippen LogP contribution in [0.3, 0.4) is 0 Å². The smallest absolute Gasteiger partial charge is 0.190 e. The third-order valence-corrected chi connectivity index (χ3v) is 8.99. The van der Waals surface area contributed by atoms with Crippen LogP contribution in [0.4, 0.5) is 15.9 Å². The summed E-state index contributed by atoms with van der Waals surface area (Å²) < 4.78 is 21.7. The third kappa shape index (κ3) is 5.64. The minimum Gasteiger partial charge on any atom is -0.454 e. The fourth-order valence-corrected chi connectivity index (χ4v) is 6.55. The Hall–Kier alpha value is -4.17. The average Bonchev–Trinajstić information content (AvgIpc) is 3.62. The summed E-state index contributed by atoms with van der Waals surface area (Å²) in [6.45, 7) is 10.9. The van der Waals surface area contributed by atoms with Gasteiger partial charge in [0.2, 0.25) is 0 Å². The summed E-state index contributed by atoms with van der Waals surface area (Å²) in [4.78, 5) is 16.4. The molecule has 43 heavy (non-hydrogen) atoms. The lowest BCUT2D eigenvalue weighted by Gasteiger charge is -2.35. The van der Waals surface area contributed by atoms with E-state index in [4.69, 9.17) is 4.74 Å². The number of para-hydroxylation sites is 1. The van der Waals surface area contributed by atoms with Crippen LogP contribution in [0.2, 0.25) is 0 Å². The van der Waals surface area contributed by atoms with Crippen LogP contribution in [0.15, 0.2) is 60.8 Å². The molecule has 0 amide bonds. The van der Waals surface area contributed by atoms with Gasteiger partial charge in [-0.15, -0.1) is 0 Å². The molecule has 1 aromatic heterocycles. The number of fused-ring (bicyclic) bond motifs is 1. The molecule has 1 atom stereocenters. The molecule has 2 aliphatic heterocycles. The van der Waals surface area contributed by atoms with Crippen LogP contribution >= 0.6 is 0 Å². The molecule has 1 unspecified atom stereocenters. The van der Waals surface area contributed by atoms with Gasteiger partial charge in [-0.05, 0) is 118 Å². The molecule has 0 radical (unpaired) electrons. The van der Waals surface area contributed by atoms with Crippen LogP contribution < -0.4 is 15.4 Å². The molecular weight excluding hydrogens is 541 g/mol. The standard InChI is InChI=1S/C35H40FN5O2/c1-21(2)40-14-12-24(13-15-40)27-19-30-25(16-22(27)3)18-31(39-30)34(42)28-20-38-41(35(28)37-5)26-10-11-32(23(4)17-26)43-33-9-7-6-8-29(33)36/h6-11,16-17,19-21,24,31,37,39H,12-15,18H2,1-5H3. The Labute approximate surface area is 253 Å². The van der Waals surface area contributed by atoms with Crippen molar-refractivity contribution in [3.63, 3.8) is 0 Å². The number of anilines is 2. The van der Waals surface area contributed by atoms with Crippen LogP contribution in [-0.4, -0.2) is 52.7 Å². The highest BCUT2D eigenvalue weighted by Gasteiger charge is 2.32. The number of halogens is 1. The maximum Gasteiger partial charge on any atom is 0.190 e. The lowest BCUT2D eigenvalue weighted by molar-refractivity contribution is 0.0972. The van der Waals surface area contributed by atoms with E-state index >= 15 is 0 Å². The van der Waals surface area contributed by atoms with Gasteiger partial charge in [0.1, 0.15) is 11.6 Å². The van der Waals surface area contributed by atoms with Crippen molar-refractivity contribution >= 4 is 17.3 Å². The number of ketones is 1. The monoisotopic (exact) mass is 581 g/mol. The number of nitrogens with zero attached hydrogens (tertiary/aromatic N) is 3. The molecule has 4 aromatic rings. The number of carbonyl (C=O) groups is 1. The number of ether oxygens (including phenoxy) is 1. The maximum absolute atomic E-state index is 14.1. The summed E-state index contributed by atoms with van der Waals surface area (Å²) in [5.74, 6) is 1.49. The highest BCUT2D eigenvalue weighted by molar-refractivity contribution is 6.06. The van der Waals surface area contributed by atoms with Gasteiger partial charge in [0.15, 0.2) is 17.3 Å². The first-order chi connectivity index (χ1) is 20.7. The number of Topliss-reactive ketones (excluding diaryl/α,β-unsaturated/α-hetero) is 1. The Morgan fingerprint density at radius 2 is 1.81 bits per heavy atom. The number of aryl methyl sites for hydroxylation is 2. The fourth-order valence-electron chi connectivity index (χ4n) is 6.55. The van der Waals surface area contributed by atoms with E-state index in [2.05, 4.69) is 53.5 Å². The Bertz CT molecular complexity index is 1650. The molecule has 3 heterocycles. The van der Waals surface area contributed by atoms with Crippen LogP contribution in [-0.2, 0) is 6.42 Å². The highest BCUT2D eigenvalue weighted by atomic mass is 19.1. The van der Waals surface area contributed by atoms with Crippen molar-refractivity contribution in [1.29, 1.82) is 0 Å². The minimum absolute atomic E-state index is 0.00692. The van der Waals surface area contributed by atoms with Crippen molar-refractivity contribution in [3.8, 4) is 17.2 Å². The summed E-state index contributed by atoms with van der Waals surface area (Å²) in [5, 5.41) is 11.3. The zero-order valence-corrected chi connectivity index (χ0v) is 25.6. The predicted octanol–water partition coefficient (Wildman–Crippen LogP) is 7.27. The van der Waals surface area contributed by atoms with Crippen molar-refractivity contribution in [2.45, 2.75) is 65.0 Å². The molecule has 8 heteroatoms. The van der Waals surface area contributed by atoms with Gasteiger partial charge in [0, 0.05) is 25.2 Å². The SMILES string of the molecule is CNc1c(C(=O)C2Cc3cc(C)c(C4CCN(C(C)C)CC4)cc3N2)cnn1-c1ccc(Oc2ccccc2F)c(C)c1. The van der Waals surface area contributed by atoms with Crippen LogP contribution in [0.25, 0.3) is 5.69 Å². The minimum atomic E-state index is -0.417. The molecule has 0 bridgehead atoms. The average molecular weight is 582 g/mol. The molecule has 2 N–H and O–H groups in total. The van der Waals surface area contributed by atoms with Crippen molar-refractivity contribution in [2.75, 3.05) is 30.8 Å². The van der Waals surface area contributed by atoms with Crippen molar-refractivity contribution < 1.29 is 13.9 Å². The summed E-state index contributed by atoms with van der Waals surface area (Å²) in [5.41, 5.74) is 7.12. The zero-order chi connectivity index (χ0) is 30.2. The number of nitrogens with one attached hydrogen (secondary N) is 2. The van der Waals surface area contributed by atoms with Gasteiger partial charge in [-0.2, -0.15) is 5.10 Å². The van der Waals surface area contributed by atoms with E-state index in [9.17, 15) is 9.18 Å². The molecule has 7 nitrogen and oxygen atoms in total. The molecular formula is C35H40FN5O2. The first-order valence-corrected chi connectivity index (χ1v) is 15.2. The maximum atomic E-state index is 14.1. The Morgan fingerprint density at radius 3 is 2.51 bits per heavy atom. The van der Waals surface area contributed by atoms with E-state index in [0.717, 1.165) is 30.0 Å². The van der Waals surface area contributed by atoms with Gasteiger partial charge in [-0.25, -0.2) is 9.07 Å². The second-order valence-electron chi connectivity index (χ2n) is 12.1. The second kappa shape index (κ2) is 11.8. The fraction of sp³-hybridized carbons (Fsp3) is 0.371. The van der Waals surface area contributed by atoms with Crippen LogP contribution in [0.1, 0.15) is 65.2 Å². The van der Waals surface area contributed by atoms with E-state index in [0.29, 0.717) is 35.5 Å². The highest BCUT2D eigenvalue weighted by Crippen LogP contribution is 2.38. The summed E-state index contributed by atoms with van der Waals surface area (Å²) in [6, 6.07) is 16.7. The lowest BCUT2D eigenvalue weighted by Crippen LogP contribution is -2.37. The first-order valence-electron chi connectivity index (χ1n) is 15.2. The predicted molar refractivity (Wildman–Crippen MR) is 170 cm³/mol. The van der Waals surface area contributed by atoms with E-state index < -0.39 is 5.82 Å². The number of benzene rings is 3. The Kier molecular flexibility index (Phi) is 7.97. The van der Waals surface area contributed by atoms with Gasteiger partial charge in [-0.3, -0.25) is 4.79 Å². The topological polar surface area (TPSA) is 71.4 Å². The molecule has 2 aliphatic rings. The molecule has 0 spiro atoms. The number of hydrogen-bond acceptors (Lipinski definition) is 6. The quantitative estimate of drug-likeness (QED) is 0.213. The van der Waals surface area contributed by atoms with Crippen molar-refractivity contribution in [3.05, 3.63) is 94.4 Å². The summed E-state index contributed by atoms with van der Waals surface area (Å²) in [7, 11) is 1.80. The number of aromatic nitrogens is 2. The van der Waals surface area contributed by atoms with Gasteiger partial charge < -0.3 is 20.3 Å². The van der Waals surface area contributed by atoms with Crippen LogP contribution in [0.5, 0.6) is 11.5 Å². The summed E-state index contributed by atoms with van der Waals surface area (Å²) in [6.07, 6.45) is 4.62.